The molecule has 0 radical (unpaired) electrons. The molecule has 1 unspecified atom stereocenters. The van der Waals surface area contributed by atoms with Gasteiger partial charge in [0, 0.05) is 25.7 Å². The van der Waals surface area contributed by atoms with Crippen LogP contribution in [-0.4, -0.2) is 27.4 Å². The number of hydrogen-bond donors (Lipinski definition) is 1. The van der Waals surface area contributed by atoms with Crippen molar-refractivity contribution in [1.29, 1.82) is 0 Å². The van der Waals surface area contributed by atoms with E-state index in [-0.39, 0.29) is 16.7 Å². The number of anilines is 1. The van der Waals surface area contributed by atoms with Crippen LogP contribution in [0.4, 0.5) is 5.69 Å². The number of carbonyl (C=O) groups excluding carboxylic acids is 1. The summed E-state index contributed by atoms with van der Waals surface area (Å²) in [7, 11) is -3.55. The summed E-state index contributed by atoms with van der Waals surface area (Å²) in [6, 6.07) is 15.0. The molecule has 0 bridgehead atoms. The van der Waals surface area contributed by atoms with Crippen molar-refractivity contribution in [3.8, 4) is 0 Å². The molecule has 138 valence electrons. The first kappa shape index (κ1) is 18.6. The molecule has 2 aromatic rings. The van der Waals surface area contributed by atoms with E-state index in [9.17, 15) is 13.2 Å². The summed E-state index contributed by atoms with van der Waals surface area (Å²) < 4.78 is 27.8. The number of carbonyl (C=O) groups is 1. The highest BCUT2D eigenvalue weighted by Gasteiger charge is 2.24. The molecule has 3 rings (SSSR count). The van der Waals surface area contributed by atoms with Crippen molar-refractivity contribution in [3.63, 3.8) is 0 Å². The summed E-state index contributed by atoms with van der Waals surface area (Å²) in [5.74, 6) is 0.260. The Hall–Kier alpha value is -2.18. The fourth-order valence-corrected chi connectivity index (χ4v) is 4.41. The Balaban J connectivity index is 1.65. The molecule has 1 aliphatic rings. The van der Waals surface area contributed by atoms with Crippen LogP contribution in [0.5, 0.6) is 0 Å². The minimum absolute atomic E-state index is 0.0209. The third kappa shape index (κ3) is 3.97. The molecule has 0 saturated carbocycles. The Morgan fingerprint density at radius 3 is 2.62 bits per heavy atom. The highest BCUT2D eigenvalue weighted by molar-refractivity contribution is 7.89. The van der Waals surface area contributed by atoms with Crippen LogP contribution in [-0.2, 0) is 21.2 Å². The number of fused-ring (bicyclic) bond motifs is 1. The van der Waals surface area contributed by atoms with Crippen LogP contribution < -0.4 is 9.62 Å². The van der Waals surface area contributed by atoms with Gasteiger partial charge >= 0.3 is 0 Å². The zero-order chi connectivity index (χ0) is 18.7. The van der Waals surface area contributed by atoms with Gasteiger partial charge < -0.3 is 4.90 Å². The molecule has 1 N–H and O–H groups in total. The first-order chi connectivity index (χ1) is 12.4. The number of nitrogens with zero attached hydrogens (tertiary/aromatic N) is 1. The second-order valence-corrected chi connectivity index (χ2v) is 8.48. The molecular weight excluding hydrogens is 348 g/mol. The van der Waals surface area contributed by atoms with Crippen molar-refractivity contribution >= 4 is 21.6 Å². The van der Waals surface area contributed by atoms with Gasteiger partial charge in [0.15, 0.2) is 0 Å². The Morgan fingerprint density at radius 1 is 1.19 bits per heavy atom. The quantitative estimate of drug-likeness (QED) is 0.847. The summed E-state index contributed by atoms with van der Waals surface area (Å²) in [4.78, 5) is 13.5. The maximum Gasteiger partial charge on any atom is 0.240 e. The van der Waals surface area contributed by atoms with E-state index in [0.717, 1.165) is 17.7 Å². The Labute approximate surface area is 155 Å². The summed E-state index contributed by atoms with van der Waals surface area (Å²) in [6.45, 7) is 4.61. The molecule has 1 aliphatic heterocycles. The SMILES string of the molecule is CC(=O)N1CCc2cc(S(=O)(=O)NCCC(C)c3ccccc3)ccc21. The van der Waals surface area contributed by atoms with Gasteiger partial charge in [0.05, 0.1) is 4.90 Å². The average molecular weight is 372 g/mol. The molecule has 2 aromatic carbocycles. The van der Waals surface area contributed by atoms with Crippen LogP contribution in [0, 0.1) is 0 Å². The fourth-order valence-electron chi connectivity index (χ4n) is 3.31. The second kappa shape index (κ2) is 7.60. The summed E-state index contributed by atoms with van der Waals surface area (Å²) in [5.41, 5.74) is 2.92. The van der Waals surface area contributed by atoms with Gasteiger partial charge in [0.25, 0.3) is 0 Å². The lowest BCUT2D eigenvalue weighted by atomic mass is 9.98. The molecule has 1 amide bonds. The topological polar surface area (TPSA) is 66.5 Å². The zero-order valence-corrected chi connectivity index (χ0v) is 15.9. The van der Waals surface area contributed by atoms with Crippen LogP contribution in [0.25, 0.3) is 0 Å². The number of benzene rings is 2. The molecule has 6 heteroatoms. The summed E-state index contributed by atoms with van der Waals surface area (Å²) >= 11 is 0. The lowest BCUT2D eigenvalue weighted by Crippen LogP contribution is -2.26. The molecule has 0 aromatic heterocycles. The standard InChI is InChI=1S/C20H24N2O3S/c1-15(17-6-4-3-5-7-17)10-12-21-26(24,25)19-8-9-20-18(14-19)11-13-22(20)16(2)23/h3-9,14-15,21H,10-13H2,1-2H3. The largest absolute Gasteiger partial charge is 0.312 e. The van der Waals surface area contributed by atoms with Crippen molar-refractivity contribution in [2.24, 2.45) is 0 Å². The van der Waals surface area contributed by atoms with Gasteiger partial charge in [0.1, 0.15) is 0 Å². The second-order valence-electron chi connectivity index (χ2n) is 6.71. The molecule has 0 fully saturated rings. The summed E-state index contributed by atoms with van der Waals surface area (Å²) in [6.07, 6.45) is 1.41. The third-order valence-electron chi connectivity index (χ3n) is 4.87. The van der Waals surface area contributed by atoms with E-state index in [0.29, 0.717) is 19.5 Å². The maximum absolute atomic E-state index is 12.6. The van der Waals surface area contributed by atoms with Gasteiger partial charge in [-0.2, -0.15) is 0 Å². The number of amides is 1. The van der Waals surface area contributed by atoms with E-state index in [2.05, 4.69) is 23.8 Å². The maximum atomic E-state index is 12.6. The normalized spacial score (nSPS) is 14.9. The Kier molecular flexibility index (Phi) is 5.44. The van der Waals surface area contributed by atoms with E-state index in [4.69, 9.17) is 0 Å². The molecule has 1 atom stereocenters. The number of nitrogens with one attached hydrogen (secondary N) is 1. The van der Waals surface area contributed by atoms with Gasteiger partial charge in [-0.3, -0.25) is 4.79 Å². The Morgan fingerprint density at radius 2 is 1.92 bits per heavy atom. The smallest absolute Gasteiger partial charge is 0.240 e. The third-order valence-corrected chi connectivity index (χ3v) is 6.33. The van der Waals surface area contributed by atoms with Gasteiger partial charge in [-0.15, -0.1) is 0 Å². The van der Waals surface area contributed by atoms with E-state index in [1.54, 1.807) is 23.1 Å². The zero-order valence-electron chi connectivity index (χ0n) is 15.1. The van der Waals surface area contributed by atoms with Crippen molar-refractivity contribution in [2.45, 2.75) is 37.5 Å². The summed E-state index contributed by atoms with van der Waals surface area (Å²) in [5, 5.41) is 0. The molecular formula is C20H24N2O3S. The first-order valence-corrected chi connectivity index (χ1v) is 10.3. The molecule has 0 spiro atoms. The minimum atomic E-state index is -3.55. The highest BCUT2D eigenvalue weighted by Crippen LogP contribution is 2.30. The van der Waals surface area contributed by atoms with E-state index in [1.165, 1.54) is 12.5 Å². The monoisotopic (exact) mass is 372 g/mol. The molecule has 0 aliphatic carbocycles. The van der Waals surface area contributed by atoms with Crippen LogP contribution in [0.2, 0.25) is 0 Å². The van der Waals surface area contributed by atoms with Gasteiger partial charge in [-0.05, 0) is 48.1 Å². The van der Waals surface area contributed by atoms with Gasteiger partial charge in [-0.25, -0.2) is 13.1 Å². The average Bonchev–Trinajstić information content (AvgIpc) is 3.05. The fraction of sp³-hybridized carbons (Fsp3) is 0.350. The molecule has 5 nitrogen and oxygen atoms in total. The number of hydrogen-bond acceptors (Lipinski definition) is 3. The predicted molar refractivity (Wildman–Crippen MR) is 103 cm³/mol. The van der Waals surface area contributed by atoms with Gasteiger partial charge in [0.2, 0.25) is 15.9 Å². The molecule has 26 heavy (non-hydrogen) atoms. The highest BCUT2D eigenvalue weighted by atomic mass is 32.2. The lowest BCUT2D eigenvalue weighted by molar-refractivity contribution is -0.116. The van der Waals surface area contributed by atoms with Crippen LogP contribution >= 0.6 is 0 Å². The number of rotatable bonds is 6. The van der Waals surface area contributed by atoms with E-state index < -0.39 is 10.0 Å². The molecule has 0 saturated heterocycles. The predicted octanol–water partition coefficient (Wildman–Crippen LogP) is 3.07. The van der Waals surface area contributed by atoms with E-state index in [1.807, 2.05) is 18.2 Å². The van der Waals surface area contributed by atoms with Gasteiger partial charge in [-0.1, -0.05) is 37.3 Å². The van der Waals surface area contributed by atoms with Crippen LogP contribution in [0.3, 0.4) is 0 Å². The minimum Gasteiger partial charge on any atom is -0.312 e. The number of sulfonamides is 1. The molecule has 1 heterocycles. The first-order valence-electron chi connectivity index (χ1n) is 8.84. The van der Waals surface area contributed by atoms with E-state index >= 15 is 0 Å². The lowest BCUT2D eigenvalue weighted by Gasteiger charge is -2.15. The Bertz CT molecular complexity index is 895. The van der Waals surface area contributed by atoms with Crippen molar-refractivity contribution in [3.05, 3.63) is 59.7 Å². The van der Waals surface area contributed by atoms with Crippen LogP contribution in [0.15, 0.2) is 53.4 Å². The van der Waals surface area contributed by atoms with Crippen molar-refractivity contribution in [1.82, 2.24) is 4.72 Å². The van der Waals surface area contributed by atoms with Crippen LogP contribution in [0.1, 0.15) is 37.3 Å². The van der Waals surface area contributed by atoms with Crippen molar-refractivity contribution in [2.75, 3.05) is 18.0 Å². The van der Waals surface area contributed by atoms with Crippen molar-refractivity contribution < 1.29 is 13.2 Å².